The van der Waals surface area contributed by atoms with Gasteiger partial charge in [-0.05, 0) is 26.0 Å². The molecule has 0 N–H and O–H groups in total. The number of fused-ring (bicyclic) bond motifs is 1. The number of hydrogen-bond donors (Lipinski definition) is 0. The van der Waals surface area contributed by atoms with Crippen molar-refractivity contribution in [2.45, 2.75) is 20.4 Å². The van der Waals surface area contributed by atoms with Crippen molar-refractivity contribution in [3.05, 3.63) is 32.9 Å². The van der Waals surface area contributed by atoms with E-state index >= 15 is 0 Å². The molecule has 0 radical (unpaired) electrons. The van der Waals surface area contributed by atoms with Crippen LogP contribution in [0.4, 0.5) is 5.69 Å². The quantitative estimate of drug-likeness (QED) is 0.583. The number of benzene rings is 1. The summed E-state index contributed by atoms with van der Waals surface area (Å²) in [4.78, 5) is 7.98. The third-order valence-electron chi connectivity index (χ3n) is 2.44. The molecule has 1 aromatic heterocycles. The fourth-order valence-corrected chi connectivity index (χ4v) is 2.31. The van der Waals surface area contributed by atoms with Gasteiger partial charge in [0.15, 0.2) is 0 Å². The van der Waals surface area contributed by atoms with Crippen LogP contribution >= 0.6 is 22.6 Å². The van der Waals surface area contributed by atoms with Crippen LogP contribution in [0.25, 0.3) is 15.9 Å². The highest BCUT2D eigenvalue weighted by atomic mass is 127. The molecule has 0 amide bonds. The van der Waals surface area contributed by atoms with Gasteiger partial charge in [0.2, 0.25) is 5.69 Å². The van der Waals surface area contributed by atoms with Crippen molar-refractivity contribution in [1.29, 1.82) is 0 Å². The largest absolute Gasteiger partial charge is 0.330 e. The molecule has 1 heterocycles. The van der Waals surface area contributed by atoms with Gasteiger partial charge >= 0.3 is 0 Å². The van der Waals surface area contributed by atoms with E-state index in [-0.39, 0.29) is 0 Å². The van der Waals surface area contributed by atoms with Gasteiger partial charge in [-0.3, -0.25) is 0 Å². The highest BCUT2D eigenvalue weighted by Crippen LogP contribution is 2.28. The molecule has 0 saturated carbocycles. The van der Waals surface area contributed by atoms with Crippen LogP contribution in [0.3, 0.4) is 0 Å². The summed E-state index contributed by atoms with van der Waals surface area (Å²) in [6, 6.07) is 3.90. The molecule has 76 valence electrons. The molecule has 0 atom stereocenters. The Morgan fingerprint density at radius 2 is 2.27 bits per heavy atom. The molecule has 4 heteroatoms. The van der Waals surface area contributed by atoms with E-state index in [9.17, 15) is 0 Å². The lowest BCUT2D eigenvalue weighted by atomic mass is 10.3. The first-order chi connectivity index (χ1) is 7.17. The van der Waals surface area contributed by atoms with Crippen LogP contribution in [0.5, 0.6) is 0 Å². The summed E-state index contributed by atoms with van der Waals surface area (Å²) in [7, 11) is 0. The Kier molecular flexibility index (Phi) is 2.65. The average Bonchev–Trinajstić information content (AvgIpc) is 2.51. The lowest BCUT2D eigenvalue weighted by Gasteiger charge is -2.02. The van der Waals surface area contributed by atoms with E-state index in [0.717, 1.165) is 27.0 Å². The first-order valence-electron chi connectivity index (χ1n) is 4.71. The van der Waals surface area contributed by atoms with E-state index in [4.69, 9.17) is 6.57 Å². The van der Waals surface area contributed by atoms with Crippen LogP contribution in [-0.2, 0) is 6.54 Å². The van der Waals surface area contributed by atoms with Gasteiger partial charge in [-0.25, -0.2) is 9.83 Å². The smallest absolute Gasteiger partial charge is 0.202 e. The molecule has 0 saturated heterocycles. The minimum atomic E-state index is 0.706. The van der Waals surface area contributed by atoms with Gasteiger partial charge < -0.3 is 4.57 Å². The van der Waals surface area contributed by atoms with Crippen LogP contribution in [-0.4, -0.2) is 9.55 Å². The number of rotatable bonds is 1. The van der Waals surface area contributed by atoms with E-state index in [1.807, 2.05) is 19.1 Å². The zero-order valence-electron chi connectivity index (χ0n) is 8.58. The number of nitrogens with zero attached hydrogens (tertiary/aromatic N) is 3. The molecule has 2 rings (SSSR count). The molecule has 3 nitrogen and oxygen atoms in total. The average molecular weight is 311 g/mol. The lowest BCUT2D eigenvalue weighted by molar-refractivity contribution is 0.753. The molecule has 2 aromatic rings. The number of halogens is 1. The maximum Gasteiger partial charge on any atom is 0.202 e. The number of hydrogen-bond acceptors (Lipinski definition) is 1. The maximum atomic E-state index is 7.08. The number of imidazole rings is 1. The molecule has 0 spiro atoms. The van der Waals surface area contributed by atoms with Crippen molar-refractivity contribution >= 4 is 39.3 Å². The normalized spacial score (nSPS) is 10.5. The van der Waals surface area contributed by atoms with Crippen LogP contribution in [0, 0.1) is 17.1 Å². The van der Waals surface area contributed by atoms with E-state index in [1.54, 1.807) is 0 Å². The summed E-state index contributed by atoms with van der Waals surface area (Å²) in [5.74, 6) is 1.01. The monoisotopic (exact) mass is 311 g/mol. The van der Waals surface area contributed by atoms with E-state index in [0.29, 0.717) is 5.69 Å². The van der Waals surface area contributed by atoms with Crippen molar-refractivity contribution in [2.75, 3.05) is 0 Å². The molecular formula is C11H10IN3. The first-order valence-corrected chi connectivity index (χ1v) is 5.79. The van der Waals surface area contributed by atoms with Crippen molar-refractivity contribution in [2.24, 2.45) is 0 Å². The number of aromatic nitrogens is 2. The van der Waals surface area contributed by atoms with Gasteiger partial charge in [0, 0.05) is 10.1 Å². The van der Waals surface area contributed by atoms with Crippen molar-refractivity contribution in [3.8, 4) is 0 Å². The van der Waals surface area contributed by atoms with Gasteiger partial charge in [-0.1, -0.05) is 22.6 Å². The van der Waals surface area contributed by atoms with E-state index in [2.05, 4.69) is 43.9 Å². The van der Waals surface area contributed by atoms with Gasteiger partial charge in [0.1, 0.15) is 5.82 Å². The first kappa shape index (κ1) is 10.4. The van der Waals surface area contributed by atoms with Crippen LogP contribution < -0.4 is 0 Å². The highest BCUT2D eigenvalue weighted by Gasteiger charge is 2.09. The predicted octanol–water partition coefficient (Wildman–Crippen LogP) is 3.52. The molecule has 0 aliphatic rings. The second-order valence-electron chi connectivity index (χ2n) is 3.31. The van der Waals surface area contributed by atoms with Crippen molar-refractivity contribution in [1.82, 2.24) is 9.55 Å². The zero-order chi connectivity index (χ0) is 11.0. The Morgan fingerprint density at radius 1 is 1.53 bits per heavy atom. The Bertz CT molecular complexity index is 563. The molecule has 1 aromatic carbocycles. The second kappa shape index (κ2) is 3.81. The standard InChI is InChI=1S/C11H10IN3/c1-4-15-7(2)14-10-5-8(12)9(13-3)6-11(10)15/h5-6H,4H2,1-2H3. The van der Waals surface area contributed by atoms with Crippen LogP contribution in [0.2, 0.25) is 0 Å². The van der Waals surface area contributed by atoms with Gasteiger partial charge in [-0.2, -0.15) is 0 Å². The Balaban J connectivity index is 2.84. The predicted molar refractivity (Wildman–Crippen MR) is 69.1 cm³/mol. The summed E-state index contributed by atoms with van der Waals surface area (Å²) in [5.41, 5.74) is 2.74. The maximum absolute atomic E-state index is 7.08. The molecule has 0 bridgehead atoms. The third-order valence-corrected chi connectivity index (χ3v) is 3.31. The molecular weight excluding hydrogens is 301 g/mol. The van der Waals surface area contributed by atoms with Crippen LogP contribution in [0.15, 0.2) is 12.1 Å². The summed E-state index contributed by atoms with van der Waals surface area (Å²) in [6.07, 6.45) is 0. The van der Waals surface area contributed by atoms with Gasteiger partial charge in [0.05, 0.1) is 17.6 Å². The zero-order valence-corrected chi connectivity index (χ0v) is 10.7. The molecule has 0 unspecified atom stereocenters. The Labute approximate surface area is 102 Å². The fraction of sp³-hybridized carbons (Fsp3) is 0.273. The lowest BCUT2D eigenvalue weighted by Crippen LogP contribution is -1.96. The Hall–Kier alpha value is -1.09. The number of aryl methyl sites for hydroxylation is 2. The summed E-state index contributed by atoms with van der Waals surface area (Å²) in [5, 5.41) is 0. The summed E-state index contributed by atoms with van der Waals surface area (Å²) in [6.45, 7) is 12.1. The molecule has 0 aliphatic heterocycles. The SMILES string of the molecule is [C-]#[N+]c1cc2c(cc1I)nc(C)n2CC. The molecule has 0 aliphatic carbocycles. The minimum Gasteiger partial charge on any atom is -0.330 e. The topological polar surface area (TPSA) is 22.2 Å². The molecule has 0 fully saturated rings. The Morgan fingerprint density at radius 3 is 2.87 bits per heavy atom. The van der Waals surface area contributed by atoms with Gasteiger partial charge in [-0.15, -0.1) is 0 Å². The molecule has 15 heavy (non-hydrogen) atoms. The van der Waals surface area contributed by atoms with Crippen molar-refractivity contribution in [3.63, 3.8) is 0 Å². The van der Waals surface area contributed by atoms with Crippen molar-refractivity contribution < 1.29 is 0 Å². The third kappa shape index (κ3) is 1.61. The fourth-order valence-electron chi connectivity index (χ4n) is 1.74. The van der Waals surface area contributed by atoms with E-state index < -0.39 is 0 Å². The highest BCUT2D eigenvalue weighted by molar-refractivity contribution is 14.1. The van der Waals surface area contributed by atoms with Gasteiger partial charge in [0.25, 0.3) is 0 Å². The second-order valence-corrected chi connectivity index (χ2v) is 4.47. The summed E-state index contributed by atoms with van der Waals surface area (Å²) < 4.78 is 3.09. The van der Waals surface area contributed by atoms with Crippen LogP contribution in [0.1, 0.15) is 12.7 Å². The minimum absolute atomic E-state index is 0.706. The van der Waals surface area contributed by atoms with E-state index in [1.165, 1.54) is 0 Å². The summed E-state index contributed by atoms with van der Waals surface area (Å²) >= 11 is 2.18.